The Morgan fingerprint density at radius 1 is 0.615 bits per heavy atom. The Morgan fingerprint density at radius 3 is 1.79 bits per heavy atom. The molecule has 4 nitrogen and oxygen atoms in total. The smallest absolute Gasteiger partial charge is 0.337 e. The fourth-order valence-electron chi connectivity index (χ4n) is 6.99. The van der Waals surface area contributed by atoms with Crippen LogP contribution in [0.4, 0.5) is 0 Å². The van der Waals surface area contributed by atoms with E-state index in [-0.39, 0.29) is 11.9 Å². The van der Waals surface area contributed by atoms with Crippen LogP contribution in [0.5, 0.6) is 0 Å². The zero-order valence-corrected chi connectivity index (χ0v) is 22.3. The van der Waals surface area contributed by atoms with Gasteiger partial charge in [0.15, 0.2) is 0 Å². The van der Waals surface area contributed by atoms with Crippen LogP contribution in [0.2, 0.25) is 0 Å². The molecule has 0 N–H and O–H groups in total. The van der Waals surface area contributed by atoms with Crippen LogP contribution < -0.4 is 0 Å². The summed E-state index contributed by atoms with van der Waals surface area (Å²) in [6, 6.07) is 33.2. The molecule has 39 heavy (non-hydrogen) atoms. The molecule has 4 aromatic rings. The van der Waals surface area contributed by atoms with Gasteiger partial charge >= 0.3 is 11.9 Å². The molecule has 0 radical (unpaired) electrons. The third-order valence-corrected chi connectivity index (χ3v) is 8.77. The minimum absolute atomic E-state index is 0.302. The van der Waals surface area contributed by atoms with Crippen LogP contribution in [0.15, 0.2) is 97.1 Å². The Hall–Kier alpha value is -4.18. The number of hydrogen-bond acceptors (Lipinski definition) is 4. The first-order valence-corrected chi connectivity index (χ1v) is 13.6. The van der Waals surface area contributed by atoms with Crippen molar-refractivity contribution < 1.29 is 19.1 Å². The van der Waals surface area contributed by atoms with Crippen LogP contribution in [0.1, 0.15) is 62.9 Å². The number of fused-ring (bicyclic) bond motifs is 2. The maximum atomic E-state index is 12.1. The van der Waals surface area contributed by atoms with E-state index >= 15 is 0 Å². The van der Waals surface area contributed by atoms with Crippen LogP contribution in [-0.4, -0.2) is 26.2 Å². The van der Waals surface area contributed by atoms with E-state index in [4.69, 9.17) is 9.47 Å². The van der Waals surface area contributed by atoms with E-state index in [0.29, 0.717) is 34.8 Å². The fourth-order valence-corrected chi connectivity index (χ4v) is 6.99. The van der Waals surface area contributed by atoms with Crippen molar-refractivity contribution in [3.05, 3.63) is 119 Å². The number of esters is 2. The molecule has 0 aromatic heterocycles. The first-order chi connectivity index (χ1) is 19.1. The molecule has 196 valence electrons. The molecule has 6 rings (SSSR count). The molecule has 0 aliphatic heterocycles. The maximum absolute atomic E-state index is 12.1. The van der Waals surface area contributed by atoms with E-state index in [1.165, 1.54) is 55.7 Å². The SMILES string of the molecule is COC(=O)c1ccc(-c2ccc(-c3ccccc3)c([C@@H]3[C@H]4CC[C@H](C4)[C@@H]3c3ccc(C(=O)OC)cc3)c2)cc1. The van der Waals surface area contributed by atoms with Crippen LogP contribution in [0, 0.1) is 11.8 Å². The van der Waals surface area contributed by atoms with Crippen molar-refractivity contribution in [1.29, 1.82) is 0 Å². The summed E-state index contributed by atoms with van der Waals surface area (Å²) in [6.07, 6.45) is 3.73. The largest absolute Gasteiger partial charge is 0.465 e. The van der Waals surface area contributed by atoms with Gasteiger partial charge in [-0.2, -0.15) is 0 Å². The Kier molecular flexibility index (Phi) is 6.78. The standard InChI is InChI=1S/C35H32O4/c1-38-34(36)25-12-8-22(9-13-25)27-18-19-30(23-6-4-3-5-7-23)31(21-27)33-29-17-16-28(20-29)32(33)24-10-14-26(15-11-24)35(37)39-2/h3-15,18-19,21,28-29,32-33H,16-17,20H2,1-2H3/t28-,29+,32+,33+/m1/s1. The van der Waals surface area contributed by atoms with Gasteiger partial charge < -0.3 is 9.47 Å². The molecule has 0 unspecified atom stereocenters. The predicted molar refractivity (Wildman–Crippen MR) is 153 cm³/mol. The highest BCUT2D eigenvalue weighted by Crippen LogP contribution is 2.62. The van der Waals surface area contributed by atoms with Gasteiger partial charge in [-0.25, -0.2) is 9.59 Å². The van der Waals surface area contributed by atoms with Crippen LogP contribution in [0.3, 0.4) is 0 Å². The molecule has 0 heterocycles. The van der Waals surface area contributed by atoms with Gasteiger partial charge in [0.05, 0.1) is 25.3 Å². The first-order valence-electron chi connectivity index (χ1n) is 13.6. The molecule has 2 bridgehead atoms. The average Bonchev–Trinajstić information content (AvgIpc) is 3.63. The second kappa shape index (κ2) is 10.5. The molecule has 2 fully saturated rings. The van der Waals surface area contributed by atoms with Gasteiger partial charge in [0.1, 0.15) is 0 Å². The second-order valence-electron chi connectivity index (χ2n) is 10.7. The van der Waals surface area contributed by atoms with Gasteiger partial charge in [0, 0.05) is 0 Å². The zero-order chi connectivity index (χ0) is 26.9. The van der Waals surface area contributed by atoms with Gasteiger partial charge in [0.2, 0.25) is 0 Å². The highest BCUT2D eigenvalue weighted by Gasteiger charge is 2.49. The van der Waals surface area contributed by atoms with Crippen molar-refractivity contribution in [2.45, 2.75) is 31.1 Å². The summed E-state index contributed by atoms with van der Waals surface area (Å²) >= 11 is 0. The highest BCUT2D eigenvalue weighted by molar-refractivity contribution is 5.90. The Morgan fingerprint density at radius 2 is 1.18 bits per heavy atom. The van der Waals surface area contributed by atoms with Crippen LogP contribution in [0.25, 0.3) is 22.3 Å². The molecule has 2 saturated carbocycles. The number of carbonyl (C=O) groups excluding carboxylic acids is 2. The maximum Gasteiger partial charge on any atom is 0.337 e. The normalized spacial score (nSPS) is 21.5. The number of hydrogen-bond donors (Lipinski definition) is 0. The molecule has 0 amide bonds. The van der Waals surface area contributed by atoms with E-state index in [1.807, 2.05) is 36.4 Å². The predicted octanol–water partition coefficient (Wildman–Crippen LogP) is 7.89. The fraction of sp³-hybridized carbons (Fsp3) is 0.257. The molecule has 2 aliphatic carbocycles. The summed E-state index contributed by atoms with van der Waals surface area (Å²) in [7, 11) is 2.82. The Labute approximate surface area is 229 Å². The topological polar surface area (TPSA) is 52.6 Å². The summed E-state index contributed by atoms with van der Waals surface area (Å²) in [5.74, 6) is 1.41. The molecule has 4 heteroatoms. The molecule has 0 spiro atoms. The van der Waals surface area contributed by atoms with Gasteiger partial charge in [0.25, 0.3) is 0 Å². The van der Waals surface area contributed by atoms with Gasteiger partial charge in [-0.15, -0.1) is 0 Å². The van der Waals surface area contributed by atoms with Crippen LogP contribution >= 0.6 is 0 Å². The van der Waals surface area contributed by atoms with E-state index in [1.54, 1.807) is 0 Å². The molecule has 4 atom stereocenters. The lowest BCUT2D eigenvalue weighted by Crippen LogP contribution is -2.20. The molecule has 2 aliphatic rings. The van der Waals surface area contributed by atoms with E-state index in [9.17, 15) is 9.59 Å². The van der Waals surface area contributed by atoms with E-state index in [2.05, 4.69) is 60.7 Å². The minimum atomic E-state index is -0.329. The summed E-state index contributed by atoms with van der Waals surface area (Å²) < 4.78 is 9.80. The third-order valence-electron chi connectivity index (χ3n) is 8.77. The van der Waals surface area contributed by atoms with Gasteiger partial charge in [-0.05, 0) is 101 Å². The second-order valence-corrected chi connectivity index (χ2v) is 10.7. The minimum Gasteiger partial charge on any atom is -0.465 e. The van der Waals surface area contributed by atoms with Gasteiger partial charge in [-0.3, -0.25) is 0 Å². The number of carbonyl (C=O) groups is 2. The lowest BCUT2D eigenvalue weighted by Gasteiger charge is -2.34. The van der Waals surface area contributed by atoms with Crippen molar-refractivity contribution in [2.24, 2.45) is 11.8 Å². The summed E-state index contributed by atoms with van der Waals surface area (Å²) in [5.41, 5.74) is 8.53. The molecule has 4 aromatic carbocycles. The quantitative estimate of drug-likeness (QED) is 0.245. The summed E-state index contributed by atoms with van der Waals surface area (Å²) in [6.45, 7) is 0. The number of methoxy groups -OCH3 is 2. The lowest BCUT2D eigenvalue weighted by molar-refractivity contribution is 0.0592. The van der Waals surface area contributed by atoms with Crippen molar-refractivity contribution in [3.63, 3.8) is 0 Å². The molecular formula is C35H32O4. The van der Waals surface area contributed by atoms with Crippen molar-refractivity contribution in [3.8, 4) is 22.3 Å². The number of rotatable bonds is 6. The molecule has 0 saturated heterocycles. The Balaban J connectivity index is 1.45. The number of benzene rings is 4. The van der Waals surface area contributed by atoms with Crippen molar-refractivity contribution in [1.82, 2.24) is 0 Å². The van der Waals surface area contributed by atoms with Gasteiger partial charge in [-0.1, -0.05) is 72.8 Å². The lowest BCUT2D eigenvalue weighted by atomic mass is 9.70. The molecular weight excluding hydrogens is 484 g/mol. The zero-order valence-electron chi connectivity index (χ0n) is 22.3. The number of ether oxygens (including phenoxy) is 2. The Bertz CT molecular complexity index is 1490. The summed E-state index contributed by atoms with van der Waals surface area (Å²) in [5, 5.41) is 0. The monoisotopic (exact) mass is 516 g/mol. The van der Waals surface area contributed by atoms with Crippen molar-refractivity contribution >= 4 is 11.9 Å². The van der Waals surface area contributed by atoms with Crippen LogP contribution in [-0.2, 0) is 9.47 Å². The summed E-state index contributed by atoms with van der Waals surface area (Å²) in [4.78, 5) is 24.0. The average molecular weight is 517 g/mol. The first kappa shape index (κ1) is 25.1. The van der Waals surface area contributed by atoms with Crippen molar-refractivity contribution in [2.75, 3.05) is 14.2 Å². The van der Waals surface area contributed by atoms with E-state index < -0.39 is 0 Å². The highest BCUT2D eigenvalue weighted by atomic mass is 16.5. The third kappa shape index (κ3) is 4.65. The van der Waals surface area contributed by atoms with E-state index in [0.717, 1.165) is 11.1 Å².